The minimum absolute atomic E-state index is 0.301. The van der Waals surface area contributed by atoms with E-state index in [1.807, 2.05) is 19.1 Å². The van der Waals surface area contributed by atoms with Crippen LogP contribution in [0.15, 0.2) is 30.5 Å². The van der Waals surface area contributed by atoms with Crippen molar-refractivity contribution in [1.29, 1.82) is 0 Å². The van der Waals surface area contributed by atoms with E-state index in [9.17, 15) is 0 Å². The van der Waals surface area contributed by atoms with Gasteiger partial charge in [0.25, 0.3) is 0 Å². The monoisotopic (exact) mass is 279 g/mol. The fourth-order valence-electron chi connectivity index (χ4n) is 1.45. The van der Waals surface area contributed by atoms with Crippen LogP contribution in [0.25, 0.3) is 0 Å². The summed E-state index contributed by atoms with van der Waals surface area (Å²) in [5.74, 6) is 2.09. The summed E-state index contributed by atoms with van der Waals surface area (Å²) in [6.07, 6.45) is 1.49. The Kier molecular flexibility index (Phi) is 4.41. The highest BCUT2D eigenvalue weighted by atomic mass is 35.5. The predicted octanol–water partition coefficient (Wildman–Crippen LogP) is 3.36. The second-order valence-corrected chi connectivity index (χ2v) is 4.01. The fraction of sp³-hybridized carbons (Fsp3) is 0.231. The lowest BCUT2D eigenvalue weighted by atomic mass is 10.3. The molecule has 5 nitrogen and oxygen atoms in total. The molecule has 0 fully saturated rings. The normalized spacial score (nSPS) is 10.1. The topological polar surface area (TPSA) is 56.3 Å². The average Bonchev–Trinajstić information content (AvgIpc) is 2.42. The van der Waals surface area contributed by atoms with Gasteiger partial charge in [0.15, 0.2) is 0 Å². The lowest BCUT2D eigenvalue weighted by Gasteiger charge is -2.09. The van der Waals surface area contributed by atoms with Gasteiger partial charge in [-0.05, 0) is 19.1 Å². The van der Waals surface area contributed by atoms with Gasteiger partial charge in [-0.1, -0.05) is 17.7 Å². The molecule has 6 heteroatoms. The molecule has 0 aliphatic heterocycles. The van der Waals surface area contributed by atoms with E-state index in [-0.39, 0.29) is 0 Å². The molecule has 2 aromatic rings. The second-order valence-electron chi connectivity index (χ2n) is 3.61. The van der Waals surface area contributed by atoms with Crippen LogP contribution in [-0.2, 0) is 0 Å². The third-order valence-electron chi connectivity index (χ3n) is 2.27. The molecule has 0 bridgehead atoms. The number of hydrogen-bond donors (Lipinski definition) is 1. The number of benzene rings is 1. The molecule has 1 aromatic carbocycles. The molecule has 1 heterocycles. The van der Waals surface area contributed by atoms with E-state index in [2.05, 4.69) is 15.3 Å². The molecule has 100 valence electrons. The van der Waals surface area contributed by atoms with Crippen LogP contribution >= 0.6 is 11.6 Å². The molecule has 0 atom stereocenters. The van der Waals surface area contributed by atoms with Crippen LogP contribution in [0.3, 0.4) is 0 Å². The quantitative estimate of drug-likeness (QED) is 0.909. The summed E-state index contributed by atoms with van der Waals surface area (Å²) in [6, 6.07) is 7.28. The van der Waals surface area contributed by atoms with Crippen molar-refractivity contribution in [3.05, 3.63) is 35.5 Å². The van der Waals surface area contributed by atoms with Crippen LogP contribution in [0.4, 0.5) is 5.95 Å². The molecule has 1 aromatic heterocycles. The highest BCUT2D eigenvalue weighted by Gasteiger charge is 2.08. The molecule has 1 N–H and O–H groups in total. The van der Waals surface area contributed by atoms with Gasteiger partial charge in [-0.25, -0.2) is 4.98 Å². The second kappa shape index (κ2) is 6.24. The summed E-state index contributed by atoms with van der Waals surface area (Å²) < 4.78 is 11.0. The summed E-state index contributed by atoms with van der Waals surface area (Å²) in [5.41, 5.74) is 0. The van der Waals surface area contributed by atoms with Crippen LogP contribution < -0.4 is 14.8 Å². The van der Waals surface area contributed by atoms with Gasteiger partial charge in [-0.15, -0.1) is 0 Å². The molecule has 0 radical (unpaired) electrons. The Bertz CT molecular complexity index is 563. The third-order valence-corrected chi connectivity index (χ3v) is 2.53. The van der Waals surface area contributed by atoms with E-state index in [0.29, 0.717) is 29.2 Å². The zero-order valence-electron chi connectivity index (χ0n) is 10.7. The molecule has 0 spiro atoms. The first-order chi connectivity index (χ1) is 9.22. The highest BCUT2D eigenvalue weighted by molar-refractivity contribution is 6.31. The number of nitrogens with zero attached hydrogens (tertiary/aromatic N) is 2. The molecule has 0 aliphatic carbocycles. The van der Waals surface area contributed by atoms with Crippen molar-refractivity contribution in [3.8, 4) is 17.4 Å². The maximum absolute atomic E-state index is 6.00. The van der Waals surface area contributed by atoms with Gasteiger partial charge in [-0.3, -0.25) is 0 Å². The Hall–Kier alpha value is -2.01. The molecule has 0 saturated heterocycles. The minimum Gasteiger partial charge on any atom is -0.494 e. The summed E-state index contributed by atoms with van der Waals surface area (Å²) in [7, 11) is 1.72. The SMILES string of the molecule is CCOc1cccc(Oc2nc(NC)ncc2Cl)c1. The number of anilines is 1. The van der Waals surface area contributed by atoms with E-state index < -0.39 is 0 Å². The van der Waals surface area contributed by atoms with Crippen LogP contribution in [0.2, 0.25) is 5.02 Å². The van der Waals surface area contributed by atoms with Gasteiger partial charge in [-0.2, -0.15) is 4.98 Å². The zero-order valence-corrected chi connectivity index (χ0v) is 11.4. The van der Waals surface area contributed by atoms with Gasteiger partial charge < -0.3 is 14.8 Å². The molecule has 0 aliphatic rings. The number of aromatic nitrogens is 2. The van der Waals surface area contributed by atoms with Crippen LogP contribution in [0, 0.1) is 0 Å². The zero-order chi connectivity index (χ0) is 13.7. The molecule has 0 amide bonds. The fourth-order valence-corrected chi connectivity index (χ4v) is 1.58. The summed E-state index contributed by atoms with van der Waals surface area (Å²) in [6.45, 7) is 2.52. The first-order valence-corrected chi connectivity index (χ1v) is 6.21. The van der Waals surface area contributed by atoms with Gasteiger partial charge in [0.2, 0.25) is 11.8 Å². The van der Waals surface area contributed by atoms with Crippen molar-refractivity contribution >= 4 is 17.5 Å². The van der Waals surface area contributed by atoms with E-state index >= 15 is 0 Å². The molecular weight excluding hydrogens is 266 g/mol. The predicted molar refractivity (Wildman–Crippen MR) is 74.3 cm³/mol. The third kappa shape index (κ3) is 3.48. The van der Waals surface area contributed by atoms with Gasteiger partial charge >= 0.3 is 0 Å². The van der Waals surface area contributed by atoms with Crippen LogP contribution in [-0.4, -0.2) is 23.6 Å². The number of ether oxygens (including phenoxy) is 2. The van der Waals surface area contributed by atoms with Crippen LogP contribution in [0.1, 0.15) is 6.92 Å². The van der Waals surface area contributed by atoms with Gasteiger partial charge in [0.1, 0.15) is 16.5 Å². The molecule has 2 rings (SSSR count). The summed E-state index contributed by atoms with van der Waals surface area (Å²) in [4.78, 5) is 8.13. The van der Waals surface area contributed by atoms with E-state index in [1.54, 1.807) is 19.2 Å². The van der Waals surface area contributed by atoms with E-state index in [4.69, 9.17) is 21.1 Å². The summed E-state index contributed by atoms with van der Waals surface area (Å²) in [5, 5.41) is 3.17. The Morgan fingerprint density at radius 1 is 1.32 bits per heavy atom. The Balaban J connectivity index is 2.22. The molecule has 0 saturated carbocycles. The largest absolute Gasteiger partial charge is 0.494 e. The smallest absolute Gasteiger partial charge is 0.243 e. The lowest BCUT2D eigenvalue weighted by molar-refractivity contribution is 0.338. The number of hydrogen-bond acceptors (Lipinski definition) is 5. The average molecular weight is 280 g/mol. The van der Waals surface area contributed by atoms with Crippen molar-refractivity contribution in [2.75, 3.05) is 19.0 Å². The molecular formula is C13H14ClN3O2. The van der Waals surface area contributed by atoms with Gasteiger partial charge in [0, 0.05) is 13.1 Å². The molecule has 19 heavy (non-hydrogen) atoms. The van der Waals surface area contributed by atoms with E-state index in [0.717, 1.165) is 5.75 Å². The number of halogens is 1. The Morgan fingerprint density at radius 2 is 2.11 bits per heavy atom. The highest BCUT2D eigenvalue weighted by Crippen LogP contribution is 2.29. The summed E-state index contributed by atoms with van der Waals surface area (Å²) >= 11 is 6.00. The maximum atomic E-state index is 6.00. The number of rotatable bonds is 5. The Morgan fingerprint density at radius 3 is 2.84 bits per heavy atom. The minimum atomic E-state index is 0.301. The maximum Gasteiger partial charge on any atom is 0.243 e. The van der Waals surface area contributed by atoms with Gasteiger partial charge in [0.05, 0.1) is 12.8 Å². The lowest BCUT2D eigenvalue weighted by Crippen LogP contribution is -1.98. The molecule has 0 unspecified atom stereocenters. The van der Waals surface area contributed by atoms with Crippen molar-refractivity contribution in [2.24, 2.45) is 0 Å². The van der Waals surface area contributed by atoms with Crippen molar-refractivity contribution in [1.82, 2.24) is 9.97 Å². The first-order valence-electron chi connectivity index (χ1n) is 5.84. The van der Waals surface area contributed by atoms with Crippen LogP contribution in [0.5, 0.6) is 17.4 Å². The van der Waals surface area contributed by atoms with Crippen molar-refractivity contribution < 1.29 is 9.47 Å². The Labute approximate surface area is 116 Å². The van der Waals surface area contributed by atoms with Crippen molar-refractivity contribution in [2.45, 2.75) is 6.92 Å². The number of nitrogens with one attached hydrogen (secondary N) is 1. The van der Waals surface area contributed by atoms with Crippen molar-refractivity contribution in [3.63, 3.8) is 0 Å². The van der Waals surface area contributed by atoms with E-state index in [1.165, 1.54) is 6.20 Å². The first kappa shape index (κ1) is 13.4. The standard InChI is InChI=1S/C13H14ClN3O2/c1-3-18-9-5-4-6-10(7-9)19-12-11(14)8-16-13(15-2)17-12/h4-8H,3H2,1-2H3,(H,15,16,17).